The van der Waals surface area contributed by atoms with E-state index in [1.165, 1.54) is 0 Å². The lowest BCUT2D eigenvalue weighted by molar-refractivity contribution is -0.136. The summed E-state index contributed by atoms with van der Waals surface area (Å²) >= 11 is 0. The second kappa shape index (κ2) is 3.73. The van der Waals surface area contributed by atoms with Gasteiger partial charge in [0.15, 0.2) is 0 Å². The fraction of sp³-hybridized carbons (Fsp3) is 0.545. The summed E-state index contributed by atoms with van der Waals surface area (Å²) in [5, 5.41) is 8.82. The maximum absolute atomic E-state index is 11.7. The van der Waals surface area contributed by atoms with Crippen LogP contribution in [0.25, 0.3) is 0 Å². The van der Waals surface area contributed by atoms with E-state index >= 15 is 0 Å². The first-order valence-corrected chi connectivity index (χ1v) is 5.31. The molecule has 0 radical (unpaired) electrons. The molecule has 0 atom stereocenters. The molecule has 0 spiro atoms. The summed E-state index contributed by atoms with van der Waals surface area (Å²) in [4.78, 5) is 26.3. The highest BCUT2D eigenvalue weighted by Gasteiger charge is 2.28. The van der Waals surface area contributed by atoms with Crippen LogP contribution in [0.4, 0.5) is 0 Å². The molecule has 1 aromatic heterocycles. The summed E-state index contributed by atoms with van der Waals surface area (Å²) in [5.41, 5.74) is 1.69. The zero-order valence-corrected chi connectivity index (χ0v) is 9.36. The Balaban J connectivity index is 2.55. The molecule has 1 saturated carbocycles. The molecule has 0 amide bonds. The van der Waals surface area contributed by atoms with Gasteiger partial charge in [-0.05, 0) is 26.7 Å². The highest BCUT2D eigenvalue weighted by atomic mass is 16.4. The van der Waals surface area contributed by atoms with Gasteiger partial charge in [0, 0.05) is 23.0 Å². The normalized spacial score (nSPS) is 15.1. The van der Waals surface area contributed by atoms with Crippen molar-refractivity contribution in [1.29, 1.82) is 0 Å². The Morgan fingerprint density at radius 1 is 1.50 bits per heavy atom. The van der Waals surface area contributed by atoms with Gasteiger partial charge in [-0.3, -0.25) is 9.36 Å². The van der Waals surface area contributed by atoms with Crippen LogP contribution in [-0.4, -0.2) is 20.6 Å². The second-order valence-electron chi connectivity index (χ2n) is 4.22. The molecule has 0 saturated heterocycles. The third kappa shape index (κ3) is 1.85. The average Bonchev–Trinajstić information content (AvgIpc) is 2.95. The standard InChI is InChI=1S/C11H14N2O3/c1-6-9(5-10(14)15)7(2)13(8-3-4-8)11(16)12-6/h8H,3-5H2,1-2H3,(H,14,15). The number of carboxylic acid groups (broad SMARTS) is 1. The molecule has 1 N–H and O–H groups in total. The summed E-state index contributed by atoms with van der Waals surface area (Å²) in [5.74, 6) is -0.894. The zero-order valence-electron chi connectivity index (χ0n) is 9.36. The number of carbonyl (C=O) groups is 1. The van der Waals surface area contributed by atoms with Crippen LogP contribution in [0.15, 0.2) is 4.79 Å². The molecule has 5 heteroatoms. The van der Waals surface area contributed by atoms with Crippen molar-refractivity contribution in [1.82, 2.24) is 9.55 Å². The smallest absolute Gasteiger partial charge is 0.348 e. The van der Waals surface area contributed by atoms with Crippen molar-refractivity contribution >= 4 is 5.97 Å². The molecule has 0 aromatic carbocycles. The predicted octanol–water partition coefficient (Wildman–Crippen LogP) is 0.822. The van der Waals surface area contributed by atoms with Crippen LogP contribution in [0, 0.1) is 13.8 Å². The van der Waals surface area contributed by atoms with E-state index in [0.29, 0.717) is 11.3 Å². The van der Waals surface area contributed by atoms with Crippen LogP contribution >= 0.6 is 0 Å². The third-order valence-corrected chi connectivity index (χ3v) is 2.94. The minimum atomic E-state index is -0.894. The Kier molecular flexibility index (Phi) is 2.53. The first kappa shape index (κ1) is 10.9. The second-order valence-corrected chi connectivity index (χ2v) is 4.22. The molecule has 1 aliphatic carbocycles. The number of nitrogens with zero attached hydrogens (tertiary/aromatic N) is 2. The third-order valence-electron chi connectivity index (χ3n) is 2.94. The molecule has 0 unspecified atom stereocenters. The van der Waals surface area contributed by atoms with E-state index in [1.807, 2.05) is 0 Å². The van der Waals surface area contributed by atoms with E-state index in [2.05, 4.69) is 4.98 Å². The first-order chi connectivity index (χ1) is 7.50. The fourth-order valence-electron chi connectivity index (χ4n) is 1.99. The van der Waals surface area contributed by atoms with Crippen molar-refractivity contribution < 1.29 is 9.90 Å². The summed E-state index contributed by atoms with van der Waals surface area (Å²) in [7, 11) is 0. The van der Waals surface area contributed by atoms with Crippen molar-refractivity contribution in [2.24, 2.45) is 0 Å². The Morgan fingerprint density at radius 3 is 2.62 bits per heavy atom. The minimum absolute atomic E-state index is 0.0718. The van der Waals surface area contributed by atoms with Gasteiger partial charge in [-0.2, -0.15) is 4.98 Å². The van der Waals surface area contributed by atoms with Gasteiger partial charge in [-0.25, -0.2) is 4.79 Å². The van der Waals surface area contributed by atoms with E-state index < -0.39 is 5.97 Å². The van der Waals surface area contributed by atoms with Crippen molar-refractivity contribution in [3.8, 4) is 0 Å². The van der Waals surface area contributed by atoms with Crippen molar-refractivity contribution in [3.05, 3.63) is 27.4 Å². The topological polar surface area (TPSA) is 72.2 Å². The van der Waals surface area contributed by atoms with Gasteiger partial charge in [0.1, 0.15) is 0 Å². The SMILES string of the molecule is Cc1nc(=O)n(C2CC2)c(C)c1CC(=O)O. The van der Waals surface area contributed by atoms with E-state index in [-0.39, 0.29) is 18.2 Å². The van der Waals surface area contributed by atoms with Crippen molar-refractivity contribution in [2.45, 2.75) is 39.2 Å². The molecule has 0 bridgehead atoms. The Morgan fingerprint density at radius 2 is 2.12 bits per heavy atom. The molecule has 86 valence electrons. The van der Waals surface area contributed by atoms with Gasteiger partial charge < -0.3 is 5.11 Å². The van der Waals surface area contributed by atoms with Crippen LogP contribution in [0.5, 0.6) is 0 Å². The first-order valence-electron chi connectivity index (χ1n) is 5.31. The Bertz CT molecular complexity index is 501. The Hall–Kier alpha value is -1.65. The van der Waals surface area contributed by atoms with Gasteiger partial charge in [0.05, 0.1) is 6.42 Å². The predicted molar refractivity (Wildman–Crippen MR) is 57.6 cm³/mol. The number of hydrogen-bond acceptors (Lipinski definition) is 3. The molecule has 1 heterocycles. The van der Waals surface area contributed by atoms with E-state index in [1.54, 1.807) is 18.4 Å². The molecular formula is C11H14N2O3. The molecule has 1 fully saturated rings. The maximum Gasteiger partial charge on any atom is 0.348 e. The number of aromatic nitrogens is 2. The summed E-state index contributed by atoms with van der Waals surface area (Å²) in [6, 6.07) is 0.230. The highest BCUT2D eigenvalue weighted by Crippen LogP contribution is 2.34. The quantitative estimate of drug-likeness (QED) is 0.821. The van der Waals surface area contributed by atoms with Gasteiger partial charge in [0.25, 0.3) is 0 Å². The lowest BCUT2D eigenvalue weighted by atomic mass is 10.1. The molecular weight excluding hydrogens is 208 g/mol. The number of hydrogen-bond donors (Lipinski definition) is 1. The lowest BCUT2D eigenvalue weighted by Crippen LogP contribution is -2.27. The van der Waals surface area contributed by atoms with Crippen LogP contribution in [-0.2, 0) is 11.2 Å². The number of rotatable bonds is 3. The molecule has 1 aromatic rings. The van der Waals surface area contributed by atoms with Crippen LogP contribution in [0.1, 0.15) is 35.8 Å². The average molecular weight is 222 g/mol. The largest absolute Gasteiger partial charge is 0.481 e. The summed E-state index contributed by atoms with van der Waals surface area (Å²) in [6.45, 7) is 3.48. The van der Waals surface area contributed by atoms with Gasteiger partial charge in [0.2, 0.25) is 0 Å². The van der Waals surface area contributed by atoms with Gasteiger partial charge >= 0.3 is 11.7 Å². The van der Waals surface area contributed by atoms with Crippen molar-refractivity contribution in [2.75, 3.05) is 0 Å². The van der Waals surface area contributed by atoms with E-state index in [4.69, 9.17) is 5.11 Å². The van der Waals surface area contributed by atoms with Crippen LogP contribution in [0.2, 0.25) is 0 Å². The van der Waals surface area contributed by atoms with Gasteiger partial charge in [-0.15, -0.1) is 0 Å². The Labute approximate surface area is 92.7 Å². The minimum Gasteiger partial charge on any atom is -0.481 e. The number of carboxylic acids is 1. The fourth-order valence-corrected chi connectivity index (χ4v) is 1.99. The molecule has 5 nitrogen and oxygen atoms in total. The van der Waals surface area contributed by atoms with Gasteiger partial charge in [-0.1, -0.05) is 0 Å². The van der Waals surface area contributed by atoms with Crippen molar-refractivity contribution in [3.63, 3.8) is 0 Å². The molecule has 1 aliphatic rings. The lowest BCUT2D eigenvalue weighted by Gasteiger charge is -2.13. The van der Waals surface area contributed by atoms with E-state index in [0.717, 1.165) is 18.5 Å². The monoisotopic (exact) mass is 222 g/mol. The number of aryl methyl sites for hydroxylation is 1. The zero-order chi connectivity index (χ0) is 11.9. The molecule has 0 aliphatic heterocycles. The van der Waals surface area contributed by atoms with Crippen LogP contribution in [0.3, 0.4) is 0 Å². The number of aliphatic carboxylic acids is 1. The van der Waals surface area contributed by atoms with E-state index in [9.17, 15) is 9.59 Å². The summed E-state index contributed by atoms with van der Waals surface area (Å²) < 4.78 is 1.63. The maximum atomic E-state index is 11.7. The molecule has 16 heavy (non-hydrogen) atoms. The van der Waals surface area contributed by atoms with Crippen LogP contribution < -0.4 is 5.69 Å². The highest BCUT2D eigenvalue weighted by molar-refractivity contribution is 5.70. The molecule has 2 rings (SSSR count). The summed E-state index contributed by atoms with van der Waals surface area (Å²) in [6.07, 6.45) is 1.90.